The fourth-order valence-electron chi connectivity index (χ4n) is 2.32. The van der Waals surface area contributed by atoms with Crippen LogP contribution in [0.3, 0.4) is 0 Å². The fraction of sp³-hybridized carbons (Fsp3) is 0.733. The van der Waals surface area contributed by atoms with E-state index in [1.807, 2.05) is 0 Å². The van der Waals surface area contributed by atoms with Crippen LogP contribution in [-0.4, -0.2) is 60.0 Å². The first-order chi connectivity index (χ1) is 10.5. The van der Waals surface area contributed by atoms with Gasteiger partial charge in [-0.05, 0) is 34.1 Å². The molecule has 1 N–H and O–H groups in total. The lowest BCUT2D eigenvalue weighted by Gasteiger charge is -2.25. The van der Waals surface area contributed by atoms with E-state index in [1.165, 1.54) is 18.9 Å². The van der Waals surface area contributed by atoms with Crippen molar-refractivity contribution in [1.82, 2.24) is 10.2 Å². The summed E-state index contributed by atoms with van der Waals surface area (Å²) in [5, 5.41) is 2.49. The van der Waals surface area contributed by atoms with Crippen molar-refractivity contribution < 1.29 is 28.7 Å². The van der Waals surface area contributed by atoms with E-state index in [9.17, 15) is 19.2 Å². The lowest BCUT2D eigenvalue weighted by atomic mass is 10.1. The Labute approximate surface area is 135 Å². The Kier molecular flexibility index (Phi) is 6.12. The van der Waals surface area contributed by atoms with Gasteiger partial charge < -0.3 is 19.7 Å². The molecule has 0 spiro atoms. The fourth-order valence-corrected chi connectivity index (χ4v) is 2.32. The third-order valence-corrected chi connectivity index (χ3v) is 3.26. The molecule has 1 rings (SSSR count). The summed E-state index contributed by atoms with van der Waals surface area (Å²) in [5.41, 5.74) is -0.672. The molecular weight excluding hydrogens is 304 g/mol. The van der Waals surface area contributed by atoms with Gasteiger partial charge in [-0.1, -0.05) is 0 Å². The molecule has 0 saturated carbocycles. The number of carbonyl (C=O) groups excluding carboxylic acids is 4. The average Bonchev–Trinajstić information content (AvgIpc) is 2.74. The van der Waals surface area contributed by atoms with Gasteiger partial charge in [-0.25, -0.2) is 9.59 Å². The van der Waals surface area contributed by atoms with Crippen LogP contribution in [-0.2, 0) is 23.9 Å². The van der Waals surface area contributed by atoms with Gasteiger partial charge in [0, 0.05) is 13.0 Å². The van der Waals surface area contributed by atoms with E-state index in [2.05, 4.69) is 10.1 Å². The number of ketones is 1. The van der Waals surface area contributed by atoms with E-state index in [0.717, 1.165) is 0 Å². The molecular formula is C15H24N2O6. The van der Waals surface area contributed by atoms with Crippen LogP contribution < -0.4 is 5.32 Å². The highest BCUT2D eigenvalue weighted by molar-refractivity contribution is 5.93. The van der Waals surface area contributed by atoms with Crippen molar-refractivity contribution >= 4 is 23.8 Å². The monoisotopic (exact) mass is 328 g/mol. The summed E-state index contributed by atoms with van der Waals surface area (Å²) >= 11 is 0. The molecule has 2 amide bonds. The zero-order chi connectivity index (χ0) is 17.8. The van der Waals surface area contributed by atoms with E-state index in [-0.39, 0.29) is 18.7 Å². The van der Waals surface area contributed by atoms with Crippen molar-refractivity contribution in [2.24, 2.45) is 0 Å². The van der Waals surface area contributed by atoms with Crippen LogP contribution in [0, 0.1) is 0 Å². The van der Waals surface area contributed by atoms with Gasteiger partial charge >= 0.3 is 12.1 Å². The number of hydrogen-bond acceptors (Lipinski definition) is 6. The Morgan fingerprint density at radius 1 is 1.35 bits per heavy atom. The summed E-state index contributed by atoms with van der Waals surface area (Å²) in [7, 11) is 1.20. The first-order valence-corrected chi connectivity index (χ1v) is 7.42. The van der Waals surface area contributed by atoms with E-state index >= 15 is 0 Å². The second kappa shape index (κ2) is 7.43. The molecule has 0 aromatic rings. The highest BCUT2D eigenvalue weighted by atomic mass is 16.6. The van der Waals surface area contributed by atoms with Gasteiger partial charge in [0.15, 0.2) is 0 Å². The van der Waals surface area contributed by atoms with E-state index < -0.39 is 35.7 Å². The number of likely N-dealkylation sites (tertiary alicyclic amines) is 1. The Morgan fingerprint density at radius 3 is 2.43 bits per heavy atom. The number of alkyl carbamates (subject to hydrolysis) is 1. The van der Waals surface area contributed by atoms with E-state index in [0.29, 0.717) is 6.42 Å². The van der Waals surface area contributed by atoms with Gasteiger partial charge in [-0.15, -0.1) is 0 Å². The largest absolute Gasteiger partial charge is 0.467 e. The van der Waals surface area contributed by atoms with E-state index in [1.54, 1.807) is 20.8 Å². The Morgan fingerprint density at radius 2 is 1.96 bits per heavy atom. The molecule has 1 saturated heterocycles. The first-order valence-electron chi connectivity index (χ1n) is 7.42. The third-order valence-electron chi connectivity index (χ3n) is 3.26. The Bertz CT molecular complexity index is 497. The van der Waals surface area contributed by atoms with Gasteiger partial charge in [0.25, 0.3) is 0 Å². The summed E-state index contributed by atoms with van der Waals surface area (Å²) in [6, 6.07) is -1.74. The predicted molar refractivity (Wildman–Crippen MR) is 80.6 cm³/mol. The van der Waals surface area contributed by atoms with Crippen molar-refractivity contribution in [3.8, 4) is 0 Å². The molecule has 0 aliphatic carbocycles. The summed E-state index contributed by atoms with van der Waals surface area (Å²) < 4.78 is 9.77. The second-order valence-electron chi connectivity index (χ2n) is 6.46. The minimum atomic E-state index is -0.963. The quantitative estimate of drug-likeness (QED) is 0.743. The van der Waals surface area contributed by atoms with Crippen molar-refractivity contribution in [3.63, 3.8) is 0 Å². The normalized spacial score (nSPS) is 19.3. The maximum atomic E-state index is 12.4. The number of rotatable bonds is 5. The lowest BCUT2D eigenvalue weighted by Crippen LogP contribution is -2.48. The number of hydrogen-bond donors (Lipinski definition) is 1. The topological polar surface area (TPSA) is 102 Å². The predicted octanol–water partition coefficient (Wildman–Crippen LogP) is 0.633. The minimum absolute atomic E-state index is 0.114. The zero-order valence-electron chi connectivity index (χ0n) is 14.2. The second-order valence-corrected chi connectivity index (χ2v) is 6.46. The number of amides is 2. The summed E-state index contributed by atoms with van der Waals surface area (Å²) in [5.74, 6) is -1.30. The molecule has 130 valence electrons. The van der Waals surface area contributed by atoms with E-state index in [4.69, 9.17) is 4.74 Å². The molecule has 0 bridgehead atoms. The molecule has 0 aromatic heterocycles. The molecule has 1 heterocycles. The van der Waals surface area contributed by atoms with Crippen LogP contribution in [0.25, 0.3) is 0 Å². The lowest BCUT2D eigenvalue weighted by molar-refractivity contribution is -0.152. The molecule has 1 fully saturated rings. The Hall–Kier alpha value is -2.12. The maximum absolute atomic E-state index is 12.4. The highest BCUT2D eigenvalue weighted by Crippen LogP contribution is 2.19. The summed E-state index contributed by atoms with van der Waals surface area (Å²) in [6.07, 6.45) is -0.472. The van der Waals surface area contributed by atoms with Crippen LogP contribution in [0.1, 0.15) is 40.5 Å². The molecule has 0 aromatic carbocycles. The third kappa shape index (κ3) is 5.54. The van der Waals surface area contributed by atoms with Gasteiger partial charge in [0.2, 0.25) is 5.91 Å². The van der Waals surface area contributed by atoms with Crippen LogP contribution in [0.2, 0.25) is 0 Å². The molecule has 2 unspecified atom stereocenters. The van der Waals surface area contributed by atoms with Gasteiger partial charge in [0.1, 0.15) is 23.5 Å². The zero-order valence-corrected chi connectivity index (χ0v) is 14.2. The molecule has 23 heavy (non-hydrogen) atoms. The molecule has 1 aliphatic heterocycles. The SMILES string of the molecule is COC(=O)C(CC(C)=O)N1CCC(NC(=O)OC(C)(C)C)C1=O. The van der Waals surface area contributed by atoms with Crippen LogP contribution in [0.15, 0.2) is 0 Å². The van der Waals surface area contributed by atoms with Gasteiger partial charge in [0.05, 0.1) is 7.11 Å². The van der Waals surface area contributed by atoms with Crippen molar-refractivity contribution in [2.45, 2.75) is 58.2 Å². The van der Waals surface area contributed by atoms with Crippen molar-refractivity contribution in [3.05, 3.63) is 0 Å². The molecule has 2 atom stereocenters. The number of Topliss-reactive ketones (excluding diaryl/α,β-unsaturated/α-hetero) is 1. The number of methoxy groups -OCH3 is 1. The van der Waals surface area contributed by atoms with Gasteiger partial charge in [-0.2, -0.15) is 0 Å². The number of esters is 1. The maximum Gasteiger partial charge on any atom is 0.408 e. The van der Waals surface area contributed by atoms with Crippen LogP contribution in [0.5, 0.6) is 0 Å². The smallest absolute Gasteiger partial charge is 0.408 e. The molecule has 8 heteroatoms. The first kappa shape index (κ1) is 18.9. The Balaban J connectivity index is 2.74. The molecule has 1 aliphatic rings. The number of nitrogens with zero attached hydrogens (tertiary/aromatic N) is 1. The summed E-state index contributed by atoms with van der Waals surface area (Å²) in [4.78, 5) is 48.5. The van der Waals surface area contributed by atoms with Crippen LogP contribution >= 0.6 is 0 Å². The molecule has 0 radical (unpaired) electrons. The molecule has 8 nitrogen and oxygen atoms in total. The van der Waals surface area contributed by atoms with Crippen molar-refractivity contribution in [2.75, 3.05) is 13.7 Å². The standard InChI is InChI=1S/C15H24N2O6/c1-9(18)8-11(13(20)22-5)17-7-6-10(12(17)19)16-14(21)23-15(2,3)4/h10-11H,6-8H2,1-5H3,(H,16,21). The number of ether oxygens (including phenoxy) is 2. The van der Waals surface area contributed by atoms with Crippen LogP contribution in [0.4, 0.5) is 4.79 Å². The summed E-state index contributed by atoms with van der Waals surface area (Å²) in [6.45, 7) is 6.75. The number of carbonyl (C=O) groups is 4. The van der Waals surface area contributed by atoms with Crippen molar-refractivity contribution in [1.29, 1.82) is 0 Å². The number of nitrogens with one attached hydrogen (secondary N) is 1. The highest BCUT2D eigenvalue weighted by Gasteiger charge is 2.41. The average molecular weight is 328 g/mol. The van der Waals surface area contributed by atoms with Gasteiger partial charge in [-0.3, -0.25) is 9.59 Å². The minimum Gasteiger partial charge on any atom is -0.467 e.